The summed E-state index contributed by atoms with van der Waals surface area (Å²) < 4.78 is 11.0. The van der Waals surface area contributed by atoms with Crippen molar-refractivity contribution in [2.75, 3.05) is 11.9 Å². The standard InChI is InChI=1S/C21H27NO6S/c1-3-10-5-6-11-14(9-10)29-19(15(11)21(26)27-4-2)22-18(23)16-12-7-8-13(28-12)17(16)20(24)25/h10,12-13,16-17H,3-9H2,1-2H3,(H,22,23)(H,24,25)/t10-,12+,13+,16-,17+/m1/s1. The highest BCUT2D eigenvalue weighted by molar-refractivity contribution is 7.17. The number of nitrogens with one attached hydrogen (secondary N) is 1. The summed E-state index contributed by atoms with van der Waals surface area (Å²) >= 11 is 1.43. The molecular formula is C21H27NO6S. The zero-order valence-electron chi connectivity index (χ0n) is 16.7. The Labute approximate surface area is 173 Å². The predicted octanol–water partition coefficient (Wildman–Crippen LogP) is 3.26. The van der Waals surface area contributed by atoms with E-state index in [-0.39, 0.29) is 18.6 Å². The van der Waals surface area contributed by atoms with Crippen LogP contribution >= 0.6 is 11.3 Å². The average molecular weight is 422 g/mol. The van der Waals surface area contributed by atoms with E-state index in [4.69, 9.17) is 9.47 Å². The van der Waals surface area contributed by atoms with Crippen molar-refractivity contribution in [3.63, 3.8) is 0 Å². The highest BCUT2D eigenvalue weighted by Gasteiger charge is 2.55. The Hall–Kier alpha value is -1.93. The second kappa shape index (κ2) is 8.07. The zero-order chi connectivity index (χ0) is 20.7. The molecule has 0 aromatic carbocycles. The molecule has 2 bridgehead atoms. The van der Waals surface area contributed by atoms with Gasteiger partial charge in [0.1, 0.15) is 5.00 Å². The van der Waals surface area contributed by atoms with Crippen LogP contribution in [0.3, 0.4) is 0 Å². The predicted molar refractivity (Wildman–Crippen MR) is 107 cm³/mol. The van der Waals surface area contributed by atoms with Crippen LogP contribution in [0, 0.1) is 17.8 Å². The summed E-state index contributed by atoms with van der Waals surface area (Å²) in [5.41, 5.74) is 1.43. The molecule has 0 unspecified atom stereocenters. The number of amides is 1. The molecule has 29 heavy (non-hydrogen) atoms. The van der Waals surface area contributed by atoms with Crippen molar-refractivity contribution >= 4 is 34.2 Å². The second-order valence-corrected chi connectivity index (χ2v) is 9.22. The molecular weight excluding hydrogens is 394 g/mol. The van der Waals surface area contributed by atoms with Crippen molar-refractivity contribution in [1.82, 2.24) is 0 Å². The molecule has 1 aromatic rings. The molecule has 3 heterocycles. The highest BCUT2D eigenvalue weighted by atomic mass is 32.1. The van der Waals surface area contributed by atoms with Crippen molar-refractivity contribution in [3.05, 3.63) is 16.0 Å². The Bertz CT molecular complexity index is 833. The fourth-order valence-corrected chi connectivity index (χ4v) is 6.38. The van der Waals surface area contributed by atoms with E-state index >= 15 is 0 Å². The minimum atomic E-state index is -1.00. The van der Waals surface area contributed by atoms with Crippen LogP contribution in [0.2, 0.25) is 0 Å². The molecule has 7 nitrogen and oxygen atoms in total. The van der Waals surface area contributed by atoms with Gasteiger partial charge in [-0.3, -0.25) is 9.59 Å². The van der Waals surface area contributed by atoms with E-state index in [1.54, 1.807) is 6.92 Å². The summed E-state index contributed by atoms with van der Waals surface area (Å²) in [5, 5.41) is 13.0. The molecule has 2 aliphatic heterocycles. The molecule has 8 heteroatoms. The van der Waals surface area contributed by atoms with Crippen molar-refractivity contribution in [1.29, 1.82) is 0 Å². The van der Waals surface area contributed by atoms with Gasteiger partial charge >= 0.3 is 11.9 Å². The molecule has 1 aromatic heterocycles. The van der Waals surface area contributed by atoms with Gasteiger partial charge in [-0.2, -0.15) is 0 Å². The van der Waals surface area contributed by atoms with Crippen LogP contribution in [-0.2, 0) is 31.9 Å². The van der Waals surface area contributed by atoms with Gasteiger partial charge in [-0.1, -0.05) is 13.3 Å². The number of rotatable bonds is 6. The zero-order valence-corrected chi connectivity index (χ0v) is 17.5. The number of fused-ring (bicyclic) bond motifs is 3. The number of thiophene rings is 1. The number of hydrogen-bond acceptors (Lipinski definition) is 6. The van der Waals surface area contributed by atoms with Crippen LogP contribution in [0.25, 0.3) is 0 Å². The van der Waals surface area contributed by atoms with Crippen LogP contribution in [0.1, 0.15) is 60.3 Å². The first-order valence-electron chi connectivity index (χ1n) is 10.4. The van der Waals surface area contributed by atoms with Gasteiger partial charge in [-0.05, 0) is 50.5 Å². The van der Waals surface area contributed by atoms with Gasteiger partial charge < -0.3 is 19.9 Å². The maximum atomic E-state index is 13.1. The number of carbonyl (C=O) groups is 3. The maximum Gasteiger partial charge on any atom is 0.341 e. The molecule has 1 aliphatic carbocycles. The number of hydrogen-bond donors (Lipinski definition) is 2. The lowest BCUT2D eigenvalue weighted by atomic mass is 9.78. The summed E-state index contributed by atoms with van der Waals surface area (Å²) in [4.78, 5) is 38.6. The Kier molecular flexibility index (Phi) is 5.66. The molecule has 5 atom stereocenters. The molecule has 0 radical (unpaired) electrons. The molecule has 3 aliphatic rings. The average Bonchev–Trinajstić information content (AvgIpc) is 3.39. The van der Waals surface area contributed by atoms with Gasteiger partial charge in [0.25, 0.3) is 0 Å². The van der Waals surface area contributed by atoms with Gasteiger partial charge in [0, 0.05) is 4.88 Å². The first-order valence-corrected chi connectivity index (χ1v) is 11.3. The molecule has 0 spiro atoms. The van der Waals surface area contributed by atoms with Crippen LogP contribution < -0.4 is 5.32 Å². The largest absolute Gasteiger partial charge is 0.481 e. The second-order valence-electron chi connectivity index (χ2n) is 8.11. The quantitative estimate of drug-likeness (QED) is 0.684. The summed E-state index contributed by atoms with van der Waals surface area (Å²) in [5.74, 6) is -2.79. The van der Waals surface area contributed by atoms with Gasteiger partial charge in [-0.15, -0.1) is 11.3 Å². The van der Waals surface area contributed by atoms with Crippen molar-refractivity contribution in [3.8, 4) is 0 Å². The van der Waals surface area contributed by atoms with E-state index in [2.05, 4.69) is 12.2 Å². The van der Waals surface area contributed by atoms with Crippen molar-refractivity contribution in [2.45, 2.75) is 64.6 Å². The smallest absolute Gasteiger partial charge is 0.341 e. The summed E-state index contributed by atoms with van der Waals surface area (Å²) in [6, 6.07) is 0. The minimum absolute atomic E-state index is 0.260. The fraction of sp³-hybridized carbons (Fsp3) is 0.667. The van der Waals surface area contributed by atoms with Crippen LogP contribution in [0.15, 0.2) is 0 Å². The number of carboxylic acid groups (broad SMARTS) is 1. The van der Waals surface area contributed by atoms with Gasteiger partial charge in [-0.25, -0.2) is 4.79 Å². The summed E-state index contributed by atoms with van der Waals surface area (Å²) in [7, 11) is 0. The van der Waals surface area contributed by atoms with Gasteiger partial charge in [0.15, 0.2) is 0 Å². The lowest BCUT2D eigenvalue weighted by Crippen LogP contribution is -2.41. The number of ether oxygens (including phenoxy) is 2. The molecule has 0 saturated carbocycles. The highest BCUT2D eigenvalue weighted by Crippen LogP contribution is 2.45. The fourth-order valence-electron chi connectivity index (χ4n) is 5.03. The van der Waals surface area contributed by atoms with Gasteiger partial charge in [0.2, 0.25) is 5.91 Å². The monoisotopic (exact) mass is 421 g/mol. The SMILES string of the molecule is CCOC(=O)c1c(NC(=O)[C@H]2[C@@H](C(=O)O)[C@@H]3CC[C@@H]2O3)sc2c1CC[C@@H](CC)C2. The summed E-state index contributed by atoms with van der Waals surface area (Å²) in [6.07, 6.45) is 4.38. The number of esters is 1. The first kappa shape index (κ1) is 20.3. The third kappa shape index (κ3) is 3.57. The van der Waals surface area contributed by atoms with E-state index < -0.39 is 29.9 Å². The Balaban J connectivity index is 1.62. The van der Waals surface area contributed by atoms with Crippen LogP contribution in [0.5, 0.6) is 0 Å². The first-order chi connectivity index (χ1) is 13.9. The topological polar surface area (TPSA) is 102 Å². The molecule has 1 amide bonds. The van der Waals surface area contributed by atoms with E-state index in [0.717, 1.165) is 36.1 Å². The van der Waals surface area contributed by atoms with Crippen molar-refractivity contribution < 1.29 is 29.0 Å². The number of carboxylic acids is 1. The third-order valence-corrected chi connectivity index (χ3v) is 7.69. The van der Waals surface area contributed by atoms with Gasteiger partial charge in [0.05, 0.1) is 36.2 Å². The molecule has 2 saturated heterocycles. The van der Waals surface area contributed by atoms with E-state index in [1.807, 2.05) is 0 Å². The van der Waals surface area contributed by atoms with E-state index in [0.29, 0.717) is 29.3 Å². The number of carbonyl (C=O) groups excluding carboxylic acids is 2. The normalized spacial score (nSPS) is 30.1. The van der Waals surface area contributed by atoms with E-state index in [1.165, 1.54) is 11.3 Å². The molecule has 158 valence electrons. The maximum absolute atomic E-state index is 13.1. The number of anilines is 1. The number of aliphatic carboxylic acids is 1. The Morgan fingerprint density at radius 1 is 1.17 bits per heavy atom. The molecule has 4 rings (SSSR count). The van der Waals surface area contributed by atoms with Crippen LogP contribution in [0.4, 0.5) is 5.00 Å². The Morgan fingerprint density at radius 3 is 2.55 bits per heavy atom. The lowest BCUT2D eigenvalue weighted by Gasteiger charge is -2.23. The molecule has 2 N–H and O–H groups in total. The van der Waals surface area contributed by atoms with E-state index in [9.17, 15) is 19.5 Å². The Morgan fingerprint density at radius 2 is 1.90 bits per heavy atom. The minimum Gasteiger partial charge on any atom is -0.481 e. The van der Waals surface area contributed by atoms with Crippen molar-refractivity contribution in [2.24, 2.45) is 17.8 Å². The lowest BCUT2D eigenvalue weighted by molar-refractivity contribution is -0.147. The summed E-state index contributed by atoms with van der Waals surface area (Å²) in [6.45, 7) is 4.18. The molecule has 2 fully saturated rings. The third-order valence-electron chi connectivity index (χ3n) is 6.52. The van der Waals surface area contributed by atoms with Crippen LogP contribution in [-0.4, -0.2) is 41.8 Å².